The minimum Gasteiger partial charge on any atom is -0.490 e. The van der Waals surface area contributed by atoms with Crippen LogP contribution >= 0.6 is 0 Å². The van der Waals surface area contributed by atoms with Crippen molar-refractivity contribution >= 4 is 17.7 Å². The smallest absolute Gasteiger partial charge is 0.338 e. The fourth-order valence-electron chi connectivity index (χ4n) is 4.26. The van der Waals surface area contributed by atoms with Crippen molar-refractivity contribution in [2.75, 3.05) is 0 Å². The van der Waals surface area contributed by atoms with Gasteiger partial charge in [0.2, 0.25) is 0 Å². The number of carbonyl (C=O) groups is 2. The van der Waals surface area contributed by atoms with E-state index in [1.807, 2.05) is 68.4 Å². The quantitative estimate of drug-likeness (QED) is 0.619. The number of benzene rings is 2. The molecule has 0 spiro atoms. The largest absolute Gasteiger partial charge is 0.490 e. The number of ether oxygens (including phenoxy) is 2. The topological polar surface area (TPSA) is 76.7 Å². The number of hydrogen-bond donors (Lipinski definition) is 2. The lowest BCUT2D eigenvalue weighted by Crippen LogP contribution is -2.45. The minimum absolute atomic E-state index is 0.259. The first-order valence-corrected chi connectivity index (χ1v) is 11.4. The zero-order chi connectivity index (χ0) is 22.5. The van der Waals surface area contributed by atoms with Gasteiger partial charge in [-0.25, -0.2) is 9.59 Å². The molecule has 1 saturated carbocycles. The van der Waals surface area contributed by atoms with Crippen LogP contribution in [0.1, 0.15) is 63.1 Å². The first-order valence-electron chi connectivity index (χ1n) is 11.4. The molecule has 0 radical (unpaired) electrons. The predicted molar refractivity (Wildman–Crippen MR) is 123 cm³/mol. The summed E-state index contributed by atoms with van der Waals surface area (Å²) in [5.74, 6) is 0.346. The Labute approximate surface area is 189 Å². The van der Waals surface area contributed by atoms with E-state index in [-0.39, 0.29) is 18.2 Å². The molecule has 2 aromatic carbocycles. The average Bonchev–Trinajstić information content (AvgIpc) is 2.80. The van der Waals surface area contributed by atoms with Crippen LogP contribution in [-0.2, 0) is 9.53 Å². The zero-order valence-corrected chi connectivity index (χ0v) is 18.6. The van der Waals surface area contributed by atoms with Gasteiger partial charge in [-0.1, -0.05) is 48.9 Å². The van der Waals surface area contributed by atoms with E-state index < -0.39 is 12.0 Å². The third kappa shape index (κ3) is 5.13. The monoisotopic (exact) mass is 434 g/mol. The van der Waals surface area contributed by atoms with Gasteiger partial charge >= 0.3 is 12.0 Å². The highest BCUT2D eigenvalue weighted by Gasteiger charge is 2.34. The van der Waals surface area contributed by atoms with E-state index in [0.29, 0.717) is 11.3 Å². The molecule has 6 heteroatoms. The van der Waals surface area contributed by atoms with Crippen molar-refractivity contribution in [2.45, 2.75) is 64.2 Å². The van der Waals surface area contributed by atoms with Gasteiger partial charge in [-0.05, 0) is 62.8 Å². The van der Waals surface area contributed by atoms with Crippen LogP contribution in [0.4, 0.5) is 4.79 Å². The molecule has 1 aliphatic carbocycles. The van der Waals surface area contributed by atoms with Gasteiger partial charge in [0.1, 0.15) is 5.75 Å². The minimum atomic E-state index is -0.631. The molecule has 1 atom stereocenters. The van der Waals surface area contributed by atoms with Crippen LogP contribution in [0, 0.1) is 0 Å². The average molecular weight is 435 g/mol. The molecule has 2 aromatic rings. The summed E-state index contributed by atoms with van der Waals surface area (Å²) in [6.45, 7) is 3.61. The second-order valence-electron chi connectivity index (χ2n) is 8.59. The molecular weight excluding hydrogens is 404 g/mol. The molecule has 6 nitrogen and oxygen atoms in total. The van der Waals surface area contributed by atoms with Crippen molar-refractivity contribution in [3.05, 3.63) is 71.3 Å². The van der Waals surface area contributed by atoms with E-state index in [0.717, 1.165) is 29.7 Å². The summed E-state index contributed by atoms with van der Waals surface area (Å²) in [5.41, 5.74) is 2.39. The van der Waals surface area contributed by atoms with Crippen molar-refractivity contribution < 1.29 is 19.1 Å². The number of nitrogens with one attached hydrogen (secondary N) is 2. The molecule has 0 aromatic heterocycles. The van der Waals surface area contributed by atoms with Gasteiger partial charge < -0.3 is 20.1 Å². The van der Waals surface area contributed by atoms with Crippen molar-refractivity contribution in [3.8, 4) is 5.75 Å². The summed E-state index contributed by atoms with van der Waals surface area (Å²) >= 11 is 0. The Morgan fingerprint density at radius 3 is 2.31 bits per heavy atom. The van der Waals surface area contributed by atoms with Crippen molar-refractivity contribution in [2.24, 2.45) is 0 Å². The highest BCUT2D eigenvalue weighted by molar-refractivity contribution is 6.04. The van der Waals surface area contributed by atoms with Crippen LogP contribution in [0.3, 0.4) is 0 Å². The molecule has 1 unspecified atom stereocenters. The maximum atomic E-state index is 13.1. The lowest BCUT2D eigenvalue weighted by molar-refractivity contribution is -0.143. The molecule has 0 saturated heterocycles. The number of esters is 1. The molecule has 4 rings (SSSR count). The number of hydrogen-bond acceptors (Lipinski definition) is 4. The summed E-state index contributed by atoms with van der Waals surface area (Å²) in [6, 6.07) is 16.0. The standard InChI is InChI=1S/C26H30N2O4/c1-17(2)31-25(29)22-23(18-9-5-3-6-10-18)27-26(30)28-24(22)19-13-15-21(16-14-19)32-20-11-7-4-8-12-20/h3,5-6,9-10,13-17,20,24H,4,7-8,11-12H2,1-2H3,(H2,27,28,30). The number of amides is 2. The van der Waals surface area contributed by atoms with Crippen LogP contribution in [0.2, 0.25) is 0 Å². The van der Waals surface area contributed by atoms with Crippen molar-refractivity contribution in [3.63, 3.8) is 0 Å². The van der Waals surface area contributed by atoms with E-state index in [2.05, 4.69) is 10.6 Å². The van der Waals surface area contributed by atoms with Crippen LogP contribution in [-0.4, -0.2) is 24.2 Å². The third-order valence-electron chi connectivity index (χ3n) is 5.77. The van der Waals surface area contributed by atoms with Gasteiger partial charge in [0.25, 0.3) is 0 Å². The van der Waals surface area contributed by atoms with Gasteiger partial charge in [-0.3, -0.25) is 0 Å². The van der Waals surface area contributed by atoms with Crippen LogP contribution in [0.15, 0.2) is 60.2 Å². The molecular formula is C26H30N2O4. The van der Waals surface area contributed by atoms with Gasteiger partial charge in [-0.2, -0.15) is 0 Å². The maximum absolute atomic E-state index is 13.1. The fraction of sp³-hybridized carbons (Fsp3) is 0.385. The maximum Gasteiger partial charge on any atom is 0.338 e. The van der Waals surface area contributed by atoms with Gasteiger partial charge in [0, 0.05) is 0 Å². The molecule has 2 aliphatic rings. The Kier molecular flexibility index (Phi) is 6.78. The Bertz CT molecular complexity index is 977. The summed E-state index contributed by atoms with van der Waals surface area (Å²) in [6.07, 6.45) is 5.84. The van der Waals surface area contributed by atoms with E-state index in [4.69, 9.17) is 9.47 Å². The zero-order valence-electron chi connectivity index (χ0n) is 18.6. The van der Waals surface area contributed by atoms with Crippen LogP contribution in [0.25, 0.3) is 5.70 Å². The van der Waals surface area contributed by atoms with E-state index >= 15 is 0 Å². The lowest BCUT2D eigenvalue weighted by atomic mass is 9.92. The SMILES string of the molecule is CC(C)OC(=O)C1=C(c2ccccc2)NC(=O)NC1c1ccc(OC2CCCCC2)cc1. The Morgan fingerprint density at radius 1 is 0.969 bits per heavy atom. The van der Waals surface area contributed by atoms with Gasteiger partial charge in [0.05, 0.1) is 29.5 Å². The Balaban J connectivity index is 1.67. The highest BCUT2D eigenvalue weighted by Crippen LogP contribution is 2.33. The molecule has 2 N–H and O–H groups in total. The lowest BCUT2D eigenvalue weighted by Gasteiger charge is -2.30. The molecule has 1 fully saturated rings. The summed E-state index contributed by atoms with van der Waals surface area (Å²) in [4.78, 5) is 25.6. The number of rotatable bonds is 6. The summed E-state index contributed by atoms with van der Waals surface area (Å²) < 4.78 is 11.7. The summed E-state index contributed by atoms with van der Waals surface area (Å²) in [7, 11) is 0. The van der Waals surface area contributed by atoms with Gasteiger partial charge in [0.15, 0.2) is 0 Å². The van der Waals surface area contributed by atoms with Crippen LogP contribution < -0.4 is 15.4 Å². The Hall–Kier alpha value is -3.28. The van der Waals surface area contributed by atoms with E-state index in [9.17, 15) is 9.59 Å². The second-order valence-corrected chi connectivity index (χ2v) is 8.59. The summed E-state index contributed by atoms with van der Waals surface area (Å²) in [5, 5.41) is 5.69. The number of urea groups is 1. The normalized spacial score (nSPS) is 19.3. The molecule has 1 heterocycles. The van der Waals surface area contributed by atoms with Crippen molar-refractivity contribution in [1.82, 2.24) is 10.6 Å². The molecule has 0 bridgehead atoms. The van der Waals surface area contributed by atoms with Crippen LogP contribution in [0.5, 0.6) is 5.75 Å². The van der Waals surface area contributed by atoms with Gasteiger partial charge in [-0.15, -0.1) is 0 Å². The fourth-order valence-corrected chi connectivity index (χ4v) is 4.26. The van der Waals surface area contributed by atoms with E-state index in [1.165, 1.54) is 19.3 Å². The molecule has 2 amide bonds. The predicted octanol–water partition coefficient (Wildman–Crippen LogP) is 5.11. The number of carbonyl (C=O) groups excluding carboxylic acids is 2. The first-order chi connectivity index (χ1) is 15.5. The highest BCUT2D eigenvalue weighted by atomic mass is 16.5. The third-order valence-corrected chi connectivity index (χ3v) is 5.77. The van der Waals surface area contributed by atoms with Crippen molar-refractivity contribution in [1.29, 1.82) is 0 Å². The first kappa shape index (κ1) is 21.9. The molecule has 1 aliphatic heterocycles. The Morgan fingerprint density at radius 2 is 1.66 bits per heavy atom. The van der Waals surface area contributed by atoms with E-state index in [1.54, 1.807) is 0 Å². The second kappa shape index (κ2) is 9.90. The molecule has 168 valence electrons. The molecule has 32 heavy (non-hydrogen) atoms.